The van der Waals surface area contributed by atoms with Gasteiger partial charge in [0, 0.05) is 20.0 Å². The summed E-state index contributed by atoms with van der Waals surface area (Å²) in [7, 11) is 0. The van der Waals surface area contributed by atoms with Gasteiger partial charge < -0.3 is 9.32 Å². The van der Waals surface area contributed by atoms with Crippen molar-refractivity contribution in [3.63, 3.8) is 0 Å². The lowest BCUT2D eigenvalue weighted by molar-refractivity contribution is 0.0682. The maximum absolute atomic E-state index is 11.7. The van der Waals surface area contributed by atoms with Crippen molar-refractivity contribution in [2.45, 2.75) is 26.2 Å². The number of aromatic nitrogens is 2. The molecule has 5 heteroatoms. The molecular formula is C9H13N3O2. The zero-order valence-corrected chi connectivity index (χ0v) is 8.19. The number of amides is 1. The molecule has 0 aromatic carbocycles. The average molecular weight is 195 g/mol. The summed E-state index contributed by atoms with van der Waals surface area (Å²) < 4.78 is 5.09. The summed E-state index contributed by atoms with van der Waals surface area (Å²) in [6, 6.07) is 0. The van der Waals surface area contributed by atoms with Gasteiger partial charge in [0.2, 0.25) is 5.89 Å². The van der Waals surface area contributed by atoms with Crippen LogP contribution < -0.4 is 0 Å². The van der Waals surface area contributed by atoms with Gasteiger partial charge in [-0.05, 0) is 19.3 Å². The van der Waals surface area contributed by atoms with E-state index in [1.54, 1.807) is 11.8 Å². The van der Waals surface area contributed by atoms with Gasteiger partial charge >= 0.3 is 11.8 Å². The summed E-state index contributed by atoms with van der Waals surface area (Å²) in [6.07, 6.45) is 3.34. The van der Waals surface area contributed by atoms with E-state index in [0.717, 1.165) is 25.9 Å². The van der Waals surface area contributed by atoms with Crippen molar-refractivity contribution in [1.82, 2.24) is 15.1 Å². The highest BCUT2D eigenvalue weighted by Gasteiger charge is 2.22. The Labute approximate surface area is 82.1 Å². The molecule has 0 aliphatic carbocycles. The number of carbonyl (C=O) groups is 1. The maximum atomic E-state index is 11.7. The lowest BCUT2D eigenvalue weighted by Crippen LogP contribution is -2.35. The molecule has 14 heavy (non-hydrogen) atoms. The van der Waals surface area contributed by atoms with Crippen LogP contribution in [0.5, 0.6) is 0 Å². The third-order valence-electron chi connectivity index (χ3n) is 2.35. The number of carbonyl (C=O) groups excluding carboxylic acids is 1. The number of nitrogens with zero attached hydrogens (tertiary/aromatic N) is 3. The minimum atomic E-state index is -0.134. The van der Waals surface area contributed by atoms with Crippen molar-refractivity contribution in [2.75, 3.05) is 13.1 Å². The van der Waals surface area contributed by atoms with Crippen LogP contribution in [0.25, 0.3) is 0 Å². The minimum absolute atomic E-state index is 0.115. The van der Waals surface area contributed by atoms with Gasteiger partial charge in [0.05, 0.1) is 0 Å². The molecule has 1 saturated heterocycles. The van der Waals surface area contributed by atoms with Crippen LogP contribution in [-0.4, -0.2) is 34.1 Å². The molecule has 1 aliphatic heterocycles. The van der Waals surface area contributed by atoms with E-state index in [-0.39, 0.29) is 11.8 Å². The Hall–Kier alpha value is -1.39. The van der Waals surface area contributed by atoms with Gasteiger partial charge in [-0.25, -0.2) is 0 Å². The maximum Gasteiger partial charge on any atom is 0.311 e. The van der Waals surface area contributed by atoms with Crippen LogP contribution in [0.15, 0.2) is 4.42 Å². The molecule has 1 fully saturated rings. The second-order valence-corrected chi connectivity index (χ2v) is 3.48. The predicted molar refractivity (Wildman–Crippen MR) is 48.8 cm³/mol. The summed E-state index contributed by atoms with van der Waals surface area (Å²) >= 11 is 0. The fourth-order valence-corrected chi connectivity index (χ4v) is 1.62. The zero-order valence-electron chi connectivity index (χ0n) is 8.19. The Morgan fingerprint density at radius 2 is 2.00 bits per heavy atom. The number of aryl methyl sites for hydroxylation is 1. The van der Waals surface area contributed by atoms with Crippen LogP contribution in [0.4, 0.5) is 0 Å². The molecule has 0 unspecified atom stereocenters. The van der Waals surface area contributed by atoms with Gasteiger partial charge in [-0.3, -0.25) is 4.79 Å². The average Bonchev–Trinajstić information content (AvgIpc) is 2.65. The monoisotopic (exact) mass is 195 g/mol. The Kier molecular flexibility index (Phi) is 2.47. The predicted octanol–water partition coefficient (Wildman–Crippen LogP) is 1.00. The van der Waals surface area contributed by atoms with E-state index in [0.29, 0.717) is 5.89 Å². The summed E-state index contributed by atoms with van der Waals surface area (Å²) in [5.41, 5.74) is 0. The quantitative estimate of drug-likeness (QED) is 0.670. The van der Waals surface area contributed by atoms with E-state index in [2.05, 4.69) is 10.2 Å². The summed E-state index contributed by atoms with van der Waals surface area (Å²) in [4.78, 5) is 13.5. The second kappa shape index (κ2) is 3.77. The van der Waals surface area contributed by atoms with Crippen molar-refractivity contribution in [2.24, 2.45) is 0 Å². The van der Waals surface area contributed by atoms with Gasteiger partial charge in [-0.15, -0.1) is 10.2 Å². The van der Waals surface area contributed by atoms with E-state index in [1.807, 2.05) is 0 Å². The van der Waals surface area contributed by atoms with Crippen LogP contribution in [0.3, 0.4) is 0 Å². The van der Waals surface area contributed by atoms with Crippen LogP contribution in [-0.2, 0) is 0 Å². The largest absolute Gasteiger partial charge is 0.417 e. The minimum Gasteiger partial charge on any atom is -0.417 e. The molecule has 0 bridgehead atoms. The Morgan fingerprint density at radius 1 is 1.29 bits per heavy atom. The Bertz CT molecular complexity index is 329. The first-order valence-corrected chi connectivity index (χ1v) is 4.87. The molecule has 1 aromatic rings. The third kappa shape index (κ3) is 1.76. The summed E-state index contributed by atoms with van der Waals surface area (Å²) in [5, 5.41) is 7.35. The van der Waals surface area contributed by atoms with E-state index in [4.69, 9.17) is 4.42 Å². The van der Waals surface area contributed by atoms with Gasteiger partial charge in [0.25, 0.3) is 0 Å². The molecule has 0 radical (unpaired) electrons. The van der Waals surface area contributed by atoms with Crippen molar-refractivity contribution in [3.8, 4) is 0 Å². The molecular weight excluding hydrogens is 182 g/mol. The van der Waals surface area contributed by atoms with E-state index in [9.17, 15) is 4.79 Å². The van der Waals surface area contributed by atoms with Crippen LogP contribution >= 0.6 is 0 Å². The first-order chi connectivity index (χ1) is 6.77. The highest BCUT2D eigenvalue weighted by Crippen LogP contribution is 2.12. The molecule has 2 heterocycles. The summed E-state index contributed by atoms with van der Waals surface area (Å²) in [6.45, 7) is 3.29. The van der Waals surface area contributed by atoms with Crippen LogP contribution in [0.1, 0.15) is 35.8 Å². The fraction of sp³-hybridized carbons (Fsp3) is 0.667. The summed E-state index contributed by atoms with van der Waals surface area (Å²) in [5.74, 6) is 0.417. The van der Waals surface area contributed by atoms with E-state index >= 15 is 0 Å². The Balaban J connectivity index is 2.07. The third-order valence-corrected chi connectivity index (χ3v) is 2.35. The van der Waals surface area contributed by atoms with Crippen molar-refractivity contribution < 1.29 is 9.21 Å². The normalized spacial score (nSPS) is 17.1. The number of rotatable bonds is 1. The first kappa shape index (κ1) is 9.18. The number of likely N-dealkylation sites (tertiary alicyclic amines) is 1. The molecule has 1 aromatic heterocycles. The fourth-order valence-electron chi connectivity index (χ4n) is 1.62. The SMILES string of the molecule is Cc1nnc(C(=O)N2CCCCC2)o1. The van der Waals surface area contributed by atoms with Crippen molar-refractivity contribution in [3.05, 3.63) is 11.8 Å². The topological polar surface area (TPSA) is 59.2 Å². The molecule has 76 valence electrons. The molecule has 0 N–H and O–H groups in total. The number of hydrogen-bond acceptors (Lipinski definition) is 4. The molecule has 5 nitrogen and oxygen atoms in total. The smallest absolute Gasteiger partial charge is 0.311 e. The highest BCUT2D eigenvalue weighted by molar-refractivity contribution is 5.89. The molecule has 1 amide bonds. The van der Waals surface area contributed by atoms with E-state index < -0.39 is 0 Å². The van der Waals surface area contributed by atoms with Crippen LogP contribution in [0, 0.1) is 6.92 Å². The van der Waals surface area contributed by atoms with E-state index in [1.165, 1.54) is 6.42 Å². The van der Waals surface area contributed by atoms with Crippen LogP contribution in [0.2, 0.25) is 0 Å². The molecule has 1 aliphatic rings. The first-order valence-electron chi connectivity index (χ1n) is 4.87. The molecule has 0 spiro atoms. The van der Waals surface area contributed by atoms with Gasteiger partial charge in [-0.2, -0.15) is 0 Å². The second-order valence-electron chi connectivity index (χ2n) is 3.48. The number of hydrogen-bond donors (Lipinski definition) is 0. The molecule has 0 atom stereocenters. The lowest BCUT2D eigenvalue weighted by atomic mass is 10.1. The molecule has 0 saturated carbocycles. The highest BCUT2D eigenvalue weighted by atomic mass is 16.4. The van der Waals surface area contributed by atoms with Crippen molar-refractivity contribution in [1.29, 1.82) is 0 Å². The standard InChI is InChI=1S/C9H13N3O2/c1-7-10-11-8(14-7)9(13)12-5-3-2-4-6-12/h2-6H2,1H3. The van der Waals surface area contributed by atoms with Crippen molar-refractivity contribution >= 4 is 5.91 Å². The molecule has 2 rings (SSSR count). The zero-order chi connectivity index (χ0) is 9.97. The lowest BCUT2D eigenvalue weighted by Gasteiger charge is -2.24. The van der Waals surface area contributed by atoms with Gasteiger partial charge in [0.15, 0.2) is 0 Å². The van der Waals surface area contributed by atoms with Gasteiger partial charge in [-0.1, -0.05) is 0 Å². The Morgan fingerprint density at radius 3 is 2.57 bits per heavy atom. The number of piperidine rings is 1. The van der Waals surface area contributed by atoms with Gasteiger partial charge in [0.1, 0.15) is 0 Å².